The van der Waals surface area contributed by atoms with Crippen LogP contribution < -0.4 is 5.32 Å². The van der Waals surface area contributed by atoms with Crippen LogP contribution in [0.3, 0.4) is 0 Å². The number of carbonyl (C=O) groups is 1. The van der Waals surface area contributed by atoms with Crippen molar-refractivity contribution in [1.82, 2.24) is 9.36 Å². The topological polar surface area (TPSA) is 64.1 Å². The van der Waals surface area contributed by atoms with E-state index in [2.05, 4.69) is 19.4 Å². The minimum absolute atomic E-state index is 0.352. The molecule has 5 nitrogen and oxygen atoms in total. The summed E-state index contributed by atoms with van der Waals surface area (Å²) in [5.41, 5.74) is 0. The van der Waals surface area contributed by atoms with E-state index in [1.54, 1.807) is 6.92 Å². The number of amides is 1. The normalized spacial score (nSPS) is 9.18. The molecule has 0 unspecified atom stereocenters. The Labute approximate surface area is 67.6 Å². The first-order valence-electron chi connectivity index (χ1n) is 3.03. The van der Waals surface area contributed by atoms with E-state index in [9.17, 15) is 4.79 Å². The minimum atomic E-state index is -0.496. The predicted molar refractivity (Wildman–Crippen MR) is 40.6 cm³/mol. The number of hydrogen-bond acceptors (Lipinski definition) is 5. The number of nitrogens with zero attached hydrogens (tertiary/aromatic N) is 2. The van der Waals surface area contributed by atoms with Gasteiger partial charge in [-0.15, -0.1) is 0 Å². The van der Waals surface area contributed by atoms with Gasteiger partial charge in [0.2, 0.25) is 5.13 Å². The number of ether oxygens (including phenoxy) is 1. The monoisotopic (exact) mass is 173 g/mol. The van der Waals surface area contributed by atoms with Crippen LogP contribution in [-0.4, -0.2) is 22.1 Å². The summed E-state index contributed by atoms with van der Waals surface area (Å²) >= 11 is 1.10. The third-order valence-corrected chi connectivity index (χ3v) is 1.43. The van der Waals surface area contributed by atoms with E-state index in [0.29, 0.717) is 11.7 Å². The van der Waals surface area contributed by atoms with E-state index in [4.69, 9.17) is 0 Å². The number of anilines is 1. The van der Waals surface area contributed by atoms with Crippen molar-refractivity contribution >= 4 is 22.8 Å². The van der Waals surface area contributed by atoms with Gasteiger partial charge < -0.3 is 4.74 Å². The molecule has 1 aromatic heterocycles. The molecule has 0 saturated carbocycles. The summed E-state index contributed by atoms with van der Waals surface area (Å²) < 4.78 is 8.30. The SMILES string of the molecule is CCOC(=O)Nc1ncns1. The lowest BCUT2D eigenvalue weighted by atomic mass is 10.9. The maximum absolute atomic E-state index is 10.7. The molecule has 0 radical (unpaired) electrons. The molecule has 11 heavy (non-hydrogen) atoms. The fourth-order valence-corrected chi connectivity index (χ4v) is 0.900. The van der Waals surface area contributed by atoms with Gasteiger partial charge in [-0.25, -0.2) is 9.78 Å². The molecule has 0 aliphatic rings. The van der Waals surface area contributed by atoms with Crippen LogP contribution in [0.25, 0.3) is 0 Å². The van der Waals surface area contributed by atoms with Crippen LogP contribution in [0, 0.1) is 0 Å². The van der Waals surface area contributed by atoms with Crippen molar-refractivity contribution in [3.05, 3.63) is 6.33 Å². The average molecular weight is 173 g/mol. The van der Waals surface area contributed by atoms with Crippen molar-refractivity contribution in [2.75, 3.05) is 11.9 Å². The minimum Gasteiger partial charge on any atom is -0.450 e. The van der Waals surface area contributed by atoms with Crippen molar-refractivity contribution in [2.45, 2.75) is 6.92 Å². The molecule has 1 aromatic rings. The molecule has 0 bridgehead atoms. The van der Waals surface area contributed by atoms with Crippen molar-refractivity contribution in [3.8, 4) is 0 Å². The maximum Gasteiger partial charge on any atom is 0.413 e. The van der Waals surface area contributed by atoms with E-state index in [1.165, 1.54) is 6.33 Å². The molecule has 0 fully saturated rings. The fourth-order valence-electron chi connectivity index (χ4n) is 0.483. The predicted octanol–water partition coefficient (Wildman–Crippen LogP) is 1.11. The molecular weight excluding hydrogens is 166 g/mol. The lowest BCUT2D eigenvalue weighted by Crippen LogP contribution is -2.12. The van der Waals surface area contributed by atoms with Crippen molar-refractivity contribution in [3.63, 3.8) is 0 Å². The second kappa shape index (κ2) is 3.87. The molecule has 0 atom stereocenters. The summed E-state index contributed by atoms with van der Waals surface area (Å²) in [5.74, 6) is 0. The molecule has 1 heterocycles. The zero-order valence-corrected chi connectivity index (χ0v) is 6.72. The summed E-state index contributed by atoms with van der Waals surface area (Å²) in [6.07, 6.45) is 0.871. The number of aromatic nitrogens is 2. The Morgan fingerprint density at radius 1 is 1.91 bits per heavy atom. The smallest absolute Gasteiger partial charge is 0.413 e. The van der Waals surface area contributed by atoms with Crippen LogP contribution in [0.5, 0.6) is 0 Å². The van der Waals surface area contributed by atoms with Gasteiger partial charge in [-0.3, -0.25) is 5.32 Å². The average Bonchev–Trinajstić information content (AvgIpc) is 2.40. The number of nitrogens with one attached hydrogen (secondary N) is 1. The summed E-state index contributed by atoms with van der Waals surface area (Å²) in [6, 6.07) is 0. The van der Waals surface area contributed by atoms with Crippen molar-refractivity contribution < 1.29 is 9.53 Å². The Balaban J connectivity index is 2.37. The molecule has 0 spiro atoms. The van der Waals surface area contributed by atoms with Gasteiger partial charge in [-0.05, 0) is 6.92 Å². The summed E-state index contributed by atoms with van der Waals surface area (Å²) in [6.45, 7) is 2.09. The number of rotatable bonds is 2. The molecule has 0 saturated heterocycles. The first-order chi connectivity index (χ1) is 5.33. The highest BCUT2D eigenvalue weighted by Crippen LogP contribution is 2.06. The van der Waals surface area contributed by atoms with Gasteiger partial charge in [0.05, 0.1) is 6.61 Å². The molecule has 60 valence electrons. The van der Waals surface area contributed by atoms with Crippen LogP contribution in [0.2, 0.25) is 0 Å². The van der Waals surface area contributed by atoms with E-state index in [0.717, 1.165) is 11.5 Å². The molecule has 0 aliphatic heterocycles. The lowest BCUT2D eigenvalue weighted by molar-refractivity contribution is 0.168. The number of carbonyl (C=O) groups excluding carboxylic acids is 1. The zero-order valence-electron chi connectivity index (χ0n) is 5.90. The Hall–Kier alpha value is -1.17. The molecule has 0 aliphatic carbocycles. The van der Waals surface area contributed by atoms with Gasteiger partial charge in [0.15, 0.2) is 0 Å². The molecule has 6 heteroatoms. The standard InChI is InChI=1S/C5H7N3O2S/c1-2-10-5(9)8-4-6-3-7-11-4/h3H,2H2,1H3,(H,6,7,8,9). The Bertz CT molecular complexity index is 224. The summed E-state index contributed by atoms with van der Waals surface area (Å²) in [5, 5.41) is 2.85. The third-order valence-electron chi connectivity index (χ3n) is 0.846. The lowest BCUT2D eigenvalue weighted by Gasteiger charge is -1.99. The quantitative estimate of drug-likeness (QED) is 0.727. The van der Waals surface area contributed by atoms with Crippen LogP contribution in [0.1, 0.15) is 6.92 Å². The van der Waals surface area contributed by atoms with Crippen LogP contribution in [0.4, 0.5) is 9.93 Å². The van der Waals surface area contributed by atoms with Gasteiger partial charge in [-0.1, -0.05) is 0 Å². The second-order valence-electron chi connectivity index (χ2n) is 1.59. The van der Waals surface area contributed by atoms with Gasteiger partial charge >= 0.3 is 6.09 Å². The number of hydrogen-bond donors (Lipinski definition) is 1. The highest BCUT2D eigenvalue weighted by atomic mass is 32.1. The van der Waals surface area contributed by atoms with Crippen LogP contribution >= 0.6 is 11.5 Å². The summed E-state index contributed by atoms with van der Waals surface area (Å²) in [4.78, 5) is 14.4. The van der Waals surface area contributed by atoms with Crippen molar-refractivity contribution in [2.24, 2.45) is 0 Å². The van der Waals surface area contributed by atoms with E-state index in [1.807, 2.05) is 0 Å². The zero-order chi connectivity index (χ0) is 8.10. The van der Waals surface area contributed by atoms with E-state index < -0.39 is 6.09 Å². The van der Waals surface area contributed by atoms with Gasteiger partial charge in [0.1, 0.15) is 6.33 Å². The Kier molecular flexibility index (Phi) is 2.79. The summed E-state index contributed by atoms with van der Waals surface area (Å²) in [7, 11) is 0. The first-order valence-corrected chi connectivity index (χ1v) is 3.80. The molecule has 0 aromatic carbocycles. The van der Waals surface area contributed by atoms with Gasteiger partial charge in [0, 0.05) is 11.5 Å². The first kappa shape index (κ1) is 7.93. The Morgan fingerprint density at radius 2 is 2.73 bits per heavy atom. The molecule has 1 amide bonds. The largest absolute Gasteiger partial charge is 0.450 e. The van der Waals surface area contributed by atoms with Gasteiger partial charge in [-0.2, -0.15) is 4.37 Å². The second-order valence-corrected chi connectivity index (χ2v) is 2.37. The van der Waals surface area contributed by atoms with Crippen LogP contribution in [0.15, 0.2) is 6.33 Å². The Morgan fingerprint density at radius 3 is 3.27 bits per heavy atom. The highest BCUT2D eigenvalue weighted by Gasteiger charge is 2.02. The fraction of sp³-hybridized carbons (Fsp3) is 0.400. The molecule has 1 N–H and O–H groups in total. The molecule has 1 rings (SSSR count). The third kappa shape index (κ3) is 2.50. The maximum atomic E-state index is 10.7. The highest BCUT2D eigenvalue weighted by molar-refractivity contribution is 7.09. The molecular formula is C5H7N3O2S. The van der Waals surface area contributed by atoms with E-state index in [-0.39, 0.29) is 0 Å². The van der Waals surface area contributed by atoms with Gasteiger partial charge in [0.25, 0.3) is 0 Å². The van der Waals surface area contributed by atoms with Crippen molar-refractivity contribution in [1.29, 1.82) is 0 Å². The van der Waals surface area contributed by atoms with E-state index >= 15 is 0 Å². The van der Waals surface area contributed by atoms with Crippen LogP contribution in [-0.2, 0) is 4.74 Å².